The van der Waals surface area contributed by atoms with Crippen LogP contribution in [0.5, 0.6) is 17.2 Å². The summed E-state index contributed by atoms with van der Waals surface area (Å²) in [5.41, 5.74) is 2.14. The van der Waals surface area contributed by atoms with Gasteiger partial charge in [0, 0.05) is 23.4 Å². The number of para-hydroxylation sites is 1. The molecule has 144 valence electrons. The van der Waals surface area contributed by atoms with Crippen LogP contribution >= 0.6 is 0 Å². The van der Waals surface area contributed by atoms with Crippen molar-refractivity contribution in [2.24, 2.45) is 0 Å². The maximum absolute atomic E-state index is 12.2. The molecule has 0 unspecified atom stereocenters. The van der Waals surface area contributed by atoms with E-state index in [0.29, 0.717) is 23.8 Å². The molecule has 0 fully saturated rings. The Morgan fingerprint density at radius 3 is 2.24 bits per heavy atom. The molecule has 0 spiro atoms. The van der Waals surface area contributed by atoms with E-state index >= 15 is 0 Å². The quantitative estimate of drug-likeness (QED) is 0.377. The van der Waals surface area contributed by atoms with Crippen LogP contribution in [0.2, 0.25) is 0 Å². The number of ether oxygens (including phenoxy) is 2. The Balaban J connectivity index is 1.74. The van der Waals surface area contributed by atoms with Crippen molar-refractivity contribution in [2.75, 3.05) is 0 Å². The molecule has 0 aliphatic rings. The van der Waals surface area contributed by atoms with Gasteiger partial charge < -0.3 is 9.47 Å². The largest absolute Gasteiger partial charge is 0.486 e. The molecule has 0 aliphatic carbocycles. The van der Waals surface area contributed by atoms with Gasteiger partial charge in [-0.1, -0.05) is 48.5 Å². The van der Waals surface area contributed by atoms with Gasteiger partial charge in [-0.25, -0.2) is 4.98 Å². The van der Waals surface area contributed by atoms with Crippen molar-refractivity contribution in [3.8, 4) is 17.2 Å². The number of carbonyl (C=O) groups is 1. The lowest BCUT2D eigenvalue weighted by molar-refractivity contribution is 0.100. The third-order valence-electron chi connectivity index (χ3n) is 4.66. The van der Waals surface area contributed by atoms with E-state index in [4.69, 9.17) is 9.47 Å². The van der Waals surface area contributed by atoms with Crippen molar-refractivity contribution in [3.05, 3.63) is 95.8 Å². The van der Waals surface area contributed by atoms with Gasteiger partial charge in [-0.3, -0.25) is 4.79 Å². The Bertz CT molecular complexity index is 1160. The highest BCUT2D eigenvalue weighted by molar-refractivity contribution is 6.02. The van der Waals surface area contributed by atoms with E-state index in [1.807, 2.05) is 85.8 Å². The Labute approximate surface area is 169 Å². The van der Waals surface area contributed by atoms with Crippen LogP contribution in [0.1, 0.15) is 28.7 Å². The van der Waals surface area contributed by atoms with Gasteiger partial charge in [0.1, 0.15) is 23.8 Å². The van der Waals surface area contributed by atoms with Crippen LogP contribution in [0.15, 0.2) is 78.9 Å². The Hall–Kier alpha value is -3.66. The summed E-state index contributed by atoms with van der Waals surface area (Å²) in [5, 5.41) is 1.74. The zero-order valence-electron chi connectivity index (χ0n) is 16.4. The average molecular weight is 383 g/mol. The van der Waals surface area contributed by atoms with Gasteiger partial charge in [-0.2, -0.15) is 0 Å². The topological polar surface area (TPSA) is 48.4 Å². The van der Waals surface area contributed by atoms with Crippen LogP contribution in [-0.4, -0.2) is 10.8 Å². The second kappa shape index (κ2) is 8.15. The fourth-order valence-electron chi connectivity index (χ4n) is 3.23. The third-order valence-corrected chi connectivity index (χ3v) is 4.66. The lowest BCUT2D eigenvalue weighted by atomic mass is 10.1. The highest BCUT2D eigenvalue weighted by Gasteiger charge is 2.18. The minimum atomic E-state index is -0.123. The minimum absolute atomic E-state index is 0.123. The van der Waals surface area contributed by atoms with Crippen molar-refractivity contribution in [2.45, 2.75) is 20.5 Å². The zero-order valence-corrected chi connectivity index (χ0v) is 16.4. The number of hydrogen-bond donors (Lipinski definition) is 0. The summed E-state index contributed by atoms with van der Waals surface area (Å²) in [6, 6.07) is 25.2. The van der Waals surface area contributed by atoms with Gasteiger partial charge in [-0.05, 0) is 42.8 Å². The molecule has 0 radical (unpaired) electrons. The van der Waals surface area contributed by atoms with Gasteiger partial charge in [0.05, 0.1) is 0 Å². The standard InChI is InChI=1S/C25H21NO3/c1-17-23-15-21(29-20-11-7-4-8-12-20)13-14-22(23)25(24(26-17)18(2)27)28-16-19-9-5-3-6-10-19/h3-15H,16H2,1-2H3. The number of aromatic nitrogens is 1. The molecule has 4 heteroatoms. The number of ketones is 1. The predicted molar refractivity (Wildman–Crippen MR) is 114 cm³/mol. The van der Waals surface area contributed by atoms with Crippen LogP contribution in [-0.2, 0) is 6.61 Å². The smallest absolute Gasteiger partial charge is 0.181 e. The predicted octanol–water partition coefficient (Wildman–Crippen LogP) is 6.12. The molecule has 29 heavy (non-hydrogen) atoms. The maximum Gasteiger partial charge on any atom is 0.181 e. The number of hydrogen-bond acceptors (Lipinski definition) is 4. The molecular weight excluding hydrogens is 362 g/mol. The van der Waals surface area contributed by atoms with Crippen LogP contribution in [0.25, 0.3) is 10.8 Å². The number of aryl methyl sites for hydroxylation is 1. The summed E-state index contributed by atoms with van der Waals surface area (Å²) in [6.45, 7) is 3.77. The number of Topliss-reactive ketones (excluding diaryl/α,β-unsaturated/α-hetero) is 1. The summed E-state index contributed by atoms with van der Waals surface area (Å²) in [4.78, 5) is 16.7. The van der Waals surface area contributed by atoms with E-state index < -0.39 is 0 Å². The fraction of sp³-hybridized carbons (Fsp3) is 0.120. The van der Waals surface area contributed by atoms with Crippen LogP contribution in [0, 0.1) is 6.92 Å². The lowest BCUT2D eigenvalue weighted by Gasteiger charge is -2.15. The fourth-order valence-corrected chi connectivity index (χ4v) is 3.23. The normalized spacial score (nSPS) is 10.7. The van der Waals surface area contributed by atoms with Gasteiger partial charge in [-0.15, -0.1) is 0 Å². The van der Waals surface area contributed by atoms with Crippen LogP contribution < -0.4 is 9.47 Å². The molecule has 0 amide bonds. The van der Waals surface area contributed by atoms with Crippen LogP contribution in [0.4, 0.5) is 0 Å². The van der Waals surface area contributed by atoms with Crippen molar-refractivity contribution in [1.82, 2.24) is 4.98 Å². The van der Waals surface area contributed by atoms with Crippen molar-refractivity contribution >= 4 is 16.6 Å². The molecule has 0 saturated carbocycles. The van der Waals surface area contributed by atoms with Gasteiger partial charge in [0.15, 0.2) is 11.5 Å². The Kier molecular flexibility index (Phi) is 5.25. The summed E-state index contributed by atoms with van der Waals surface area (Å²) in [6.07, 6.45) is 0. The van der Waals surface area contributed by atoms with Crippen molar-refractivity contribution < 1.29 is 14.3 Å². The summed E-state index contributed by atoms with van der Waals surface area (Å²) in [5.74, 6) is 1.85. The van der Waals surface area contributed by atoms with E-state index in [9.17, 15) is 4.79 Å². The van der Waals surface area contributed by atoms with E-state index in [1.54, 1.807) is 0 Å². The highest BCUT2D eigenvalue weighted by atomic mass is 16.5. The van der Waals surface area contributed by atoms with Crippen molar-refractivity contribution in [3.63, 3.8) is 0 Å². The van der Waals surface area contributed by atoms with E-state index in [2.05, 4.69) is 4.98 Å². The number of rotatable bonds is 6. The molecule has 1 heterocycles. The molecule has 4 rings (SSSR count). The second-order valence-electron chi connectivity index (χ2n) is 6.83. The molecule has 0 saturated heterocycles. The summed E-state index contributed by atoms with van der Waals surface area (Å²) in [7, 11) is 0. The van der Waals surface area contributed by atoms with E-state index in [0.717, 1.165) is 27.8 Å². The van der Waals surface area contributed by atoms with E-state index in [1.165, 1.54) is 6.92 Å². The van der Waals surface area contributed by atoms with Gasteiger partial charge in [0.2, 0.25) is 0 Å². The maximum atomic E-state index is 12.2. The molecule has 3 aromatic carbocycles. The number of nitrogens with zero attached hydrogens (tertiary/aromatic N) is 1. The molecule has 4 aromatic rings. The monoisotopic (exact) mass is 383 g/mol. The molecular formula is C25H21NO3. The summed E-state index contributed by atoms with van der Waals surface area (Å²) >= 11 is 0. The van der Waals surface area contributed by atoms with Crippen molar-refractivity contribution in [1.29, 1.82) is 0 Å². The van der Waals surface area contributed by atoms with Gasteiger partial charge >= 0.3 is 0 Å². The second-order valence-corrected chi connectivity index (χ2v) is 6.83. The molecule has 0 atom stereocenters. The van der Waals surface area contributed by atoms with E-state index in [-0.39, 0.29) is 5.78 Å². The number of benzene rings is 3. The first-order chi connectivity index (χ1) is 14.1. The van der Waals surface area contributed by atoms with Gasteiger partial charge in [0.25, 0.3) is 0 Å². The number of pyridine rings is 1. The molecule has 0 bridgehead atoms. The first-order valence-electron chi connectivity index (χ1n) is 9.47. The lowest BCUT2D eigenvalue weighted by Crippen LogP contribution is -2.06. The first kappa shape index (κ1) is 18.7. The molecule has 4 nitrogen and oxygen atoms in total. The SMILES string of the molecule is CC(=O)c1nc(C)c2cc(Oc3ccccc3)ccc2c1OCc1ccccc1. The number of fused-ring (bicyclic) bond motifs is 1. The number of carbonyl (C=O) groups excluding carboxylic acids is 1. The minimum Gasteiger partial charge on any atom is -0.486 e. The third kappa shape index (κ3) is 4.11. The Morgan fingerprint density at radius 1 is 0.862 bits per heavy atom. The zero-order chi connectivity index (χ0) is 20.2. The molecule has 1 aromatic heterocycles. The summed E-state index contributed by atoms with van der Waals surface area (Å²) < 4.78 is 12.0. The highest BCUT2D eigenvalue weighted by Crippen LogP contribution is 2.35. The van der Waals surface area contributed by atoms with Crippen LogP contribution in [0.3, 0.4) is 0 Å². The molecule has 0 N–H and O–H groups in total. The first-order valence-corrected chi connectivity index (χ1v) is 9.47. The molecule has 0 aliphatic heterocycles. The average Bonchev–Trinajstić information content (AvgIpc) is 2.74. The Morgan fingerprint density at radius 2 is 1.55 bits per heavy atom.